The van der Waals surface area contributed by atoms with Crippen molar-refractivity contribution in [2.75, 3.05) is 0 Å². The van der Waals surface area contributed by atoms with Crippen LogP contribution in [-0.2, 0) is 0 Å². The summed E-state index contributed by atoms with van der Waals surface area (Å²) in [6.45, 7) is 5.31. The summed E-state index contributed by atoms with van der Waals surface area (Å²) in [5.41, 5.74) is 5.99. The van der Waals surface area contributed by atoms with Gasteiger partial charge in [-0.05, 0) is 11.9 Å². The molecular weight excluding hydrogens is 102 g/mol. The quantitative estimate of drug-likeness (QED) is 0.339. The lowest BCUT2D eigenvalue weighted by Crippen LogP contribution is -2.30. The first-order valence-electron chi connectivity index (χ1n) is 2.21. The average Bonchev–Trinajstić information content (AvgIpc) is 1.67. The van der Waals surface area contributed by atoms with Crippen LogP contribution in [0.3, 0.4) is 0 Å². The standard InChI is InChI=1S/C5H9N3/c1-4(2)5(7)8-3-6/h3H,1H2,2H3,(H3,6,7,8)/p+1. The Bertz CT molecular complexity index is 135. The molecule has 0 aromatic rings. The number of amidine groups is 1. The molecule has 0 rings (SSSR count). The molecule has 4 N–H and O–H groups in total. The summed E-state index contributed by atoms with van der Waals surface area (Å²) in [6, 6.07) is 0. The van der Waals surface area contributed by atoms with Crippen LogP contribution in [0.2, 0.25) is 0 Å². The van der Waals surface area contributed by atoms with Crippen LogP contribution < -0.4 is 11.1 Å². The van der Waals surface area contributed by atoms with E-state index in [0.717, 1.165) is 11.9 Å². The molecule has 44 valence electrons. The first kappa shape index (κ1) is 6.88. The predicted octanol–water partition coefficient (Wildman–Crippen LogP) is -1.29. The van der Waals surface area contributed by atoms with Crippen LogP contribution in [0.5, 0.6) is 0 Å². The summed E-state index contributed by atoms with van der Waals surface area (Å²) in [5, 5.41) is 4.93. The van der Waals surface area contributed by atoms with Crippen molar-refractivity contribution in [2.24, 2.45) is 10.7 Å². The molecule has 0 aromatic carbocycles. The van der Waals surface area contributed by atoms with Gasteiger partial charge in [-0.15, -0.1) is 0 Å². The third kappa shape index (κ3) is 2.12. The Morgan fingerprint density at radius 1 is 1.88 bits per heavy atom. The number of nitrogens with zero attached hydrogens (tertiary/aromatic N) is 1. The Balaban J connectivity index is 3.99. The van der Waals surface area contributed by atoms with Crippen molar-refractivity contribution in [2.45, 2.75) is 6.92 Å². The van der Waals surface area contributed by atoms with Gasteiger partial charge in [0.05, 0.1) is 0 Å². The third-order valence-corrected chi connectivity index (χ3v) is 0.651. The van der Waals surface area contributed by atoms with Crippen molar-refractivity contribution < 1.29 is 5.41 Å². The monoisotopic (exact) mass is 112 g/mol. The molecule has 0 aliphatic rings. The highest BCUT2D eigenvalue weighted by molar-refractivity contribution is 5.99. The number of hydrogen-bond donors (Lipinski definition) is 2. The van der Waals surface area contributed by atoms with Gasteiger partial charge in [0.1, 0.15) is 0 Å². The van der Waals surface area contributed by atoms with E-state index in [2.05, 4.69) is 11.6 Å². The summed E-state index contributed by atoms with van der Waals surface area (Å²) < 4.78 is 0. The average molecular weight is 112 g/mol. The number of nitrogens with two attached hydrogens (primary N) is 2. The second-order valence-electron chi connectivity index (χ2n) is 1.44. The minimum absolute atomic E-state index is 0.382. The van der Waals surface area contributed by atoms with E-state index in [1.807, 2.05) is 0 Å². The van der Waals surface area contributed by atoms with Crippen LogP contribution in [0, 0.1) is 0 Å². The zero-order chi connectivity index (χ0) is 6.57. The SMILES string of the molecule is C=C(C)C(N)=NC=[NH2+]. The molecule has 0 spiro atoms. The van der Waals surface area contributed by atoms with Gasteiger partial charge in [0.15, 0.2) is 0 Å². The smallest absolute Gasteiger partial charge is 0.279 e. The number of aliphatic imine (C=N–C) groups is 1. The molecule has 0 amide bonds. The molecule has 0 saturated heterocycles. The first-order chi connectivity index (χ1) is 3.68. The maximum atomic E-state index is 5.27. The molecule has 8 heavy (non-hydrogen) atoms. The molecule has 0 saturated carbocycles. The van der Waals surface area contributed by atoms with E-state index in [9.17, 15) is 0 Å². The highest BCUT2D eigenvalue weighted by Gasteiger charge is 1.93. The fourth-order valence-electron chi connectivity index (χ4n) is 0.190. The second-order valence-corrected chi connectivity index (χ2v) is 1.44. The summed E-state index contributed by atoms with van der Waals surface area (Å²) in [7, 11) is 0. The van der Waals surface area contributed by atoms with E-state index in [4.69, 9.17) is 11.1 Å². The first-order valence-corrected chi connectivity index (χ1v) is 2.21. The number of rotatable bonds is 2. The van der Waals surface area contributed by atoms with Crippen LogP contribution in [-0.4, -0.2) is 12.2 Å². The maximum Gasteiger partial charge on any atom is 0.279 e. The van der Waals surface area contributed by atoms with E-state index in [-0.39, 0.29) is 0 Å². The van der Waals surface area contributed by atoms with Gasteiger partial charge in [0.2, 0.25) is 5.84 Å². The van der Waals surface area contributed by atoms with Crippen molar-refractivity contribution in [1.29, 1.82) is 0 Å². The minimum Gasteiger partial charge on any atom is -0.363 e. The van der Waals surface area contributed by atoms with Gasteiger partial charge in [-0.25, -0.2) is 0 Å². The molecule has 0 aromatic heterocycles. The molecule has 3 nitrogen and oxygen atoms in total. The van der Waals surface area contributed by atoms with Crippen molar-refractivity contribution in [1.82, 2.24) is 0 Å². The molecular formula is C5H10N3+. The minimum atomic E-state index is 0.382. The van der Waals surface area contributed by atoms with Crippen LogP contribution in [0.15, 0.2) is 17.1 Å². The zero-order valence-corrected chi connectivity index (χ0v) is 4.89. The van der Waals surface area contributed by atoms with E-state index in [1.165, 1.54) is 0 Å². The number of hydrogen-bond acceptors (Lipinski definition) is 0. The molecule has 3 heteroatoms. The lowest BCUT2D eigenvalue weighted by atomic mass is 10.3. The van der Waals surface area contributed by atoms with Crippen molar-refractivity contribution >= 4 is 12.2 Å². The van der Waals surface area contributed by atoms with Gasteiger partial charge in [-0.1, -0.05) is 6.58 Å². The Hall–Kier alpha value is -1.12. The lowest BCUT2D eigenvalue weighted by molar-refractivity contribution is -0.106. The molecule has 0 unspecified atom stereocenters. The summed E-state index contributed by atoms with van der Waals surface area (Å²) in [5.74, 6) is 0.382. The Labute approximate surface area is 48.4 Å². The van der Waals surface area contributed by atoms with Gasteiger partial charge < -0.3 is 5.73 Å². The fraction of sp³-hybridized carbons (Fsp3) is 0.200. The van der Waals surface area contributed by atoms with Gasteiger partial charge in [-0.3, -0.25) is 5.41 Å². The van der Waals surface area contributed by atoms with E-state index in [1.54, 1.807) is 6.92 Å². The van der Waals surface area contributed by atoms with E-state index >= 15 is 0 Å². The summed E-state index contributed by atoms with van der Waals surface area (Å²) in [4.78, 5) is 3.57. The zero-order valence-electron chi connectivity index (χ0n) is 4.89. The fourth-order valence-corrected chi connectivity index (χ4v) is 0.190. The predicted molar refractivity (Wildman–Crippen MR) is 34.4 cm³/mol. The highest BCUT2D eigenvalue weighted by Crippen LogP contribution is 1.82. The molecule has 0 fully saturated rings. The van der Waals surface area contributed by atoms with Crippen molar-refractivity contribution in [3.8, 4) is 0 Å². The Morgan fingerprint density at radius 2 is 2.38 bits per heavy atom. The van der Waals surface area contributed by atoms with Crippen LogP contribution >= 0.6 is 0 Å². The van der Waals surface area contributed by atoms with E-state index < -0.39 is 0 Å². The summed E-state index contributed by atoms with van der Waals surface area (Å²) in [6.07, 6.45) is 1.14. The largest absolute Gasteiger partial charge is 0.363 e. The van der Waals surface area contributed by atoms with Crippen molar-refractivity contribution in [3.05, 3.63) is 12.2 Å². The molecule has 0 aliphatic carbocycles. The maximum absolute atomic E-state index is 5.27. The van der Waals surface area contributed by atoms with Crippen LogP contribution in [0.4, 0.5) is 0 Å². The lowest BCUT2D eigenvalue weighted by Gasteiger charge is -1.83. The highest BCUT2D eigenvalue weighted by atomic mass is 14.9. The topological polar surface area (TPSA) is 64.0 Å². The summed E-state index contributed by atoms with van der Waals surface area (Å²) >= 11 is 0. The van der Waals surface area contributed by atoms with Gasteiger partial charge >= 0.3 is 0 Å². The normalized spacial score (nSPS) is 10.9. The van der Waals surface area contributed by atoms with Crippen LogP contribution in [0.25, 0.3) is 0 Å². The third-order valence-electron chi connectivity index (χ3n) is 0.651. The van der Waals surface area contributed by atoms with Crippen LogP contribution in [0.1, 0.15) is 6.92 Å². The van der Waals surface area contributed by atoms with Gasteiger partial charge in [-0.2, -0.15) is 0 Å². The molecule has 0 atom stereocenters. The van der Waals surface area contributed by atoms with Crippen molar-refractivity contribution in [3.63, 3.8) is 0 Å². The Kier molecular flexibility index (Phi) is 2.54. The molecule has 0 aliphatic heterocycles. The molecule has 0 radical (unpaired) electrons. The second kappa shape index (κ2) is 2.96. The van der Waals surface area contributed by atoms with Gasteiger partial charge in [0.25, 0.3) is 6.34 Å². The van der Waals surface area contributed by atoms with E-state index in [0.29, 0.717) is 5.84 Å². The van der Waals surface area contributed by atoms with Gasteiger partial charge in [0, 0.05) is 5.57 Å². The Morgan fingerprint density at radius 3 is 2.50 bits per heavy atom. The molecule has 0 bridgehead atoms. The molecule has 0 heterocycles.